The molecule has 2 N–H and O–H groups in total. The average molecular weight is 310 g/mol. The normalized spacial score (nSPS) is 13.7. The van der Waals surface area contributed by atoms with Crippen molar-refractivity contribution in [1.82, 2.24) is 4.98 Å². The molecule has 3 rings (SSSR count). The van der Waals surface area contributed by atoms with Gasteiger partial charge in [0.1, 0.15) is 17.3 Å². The number of benzene rings is 1. The summed E-state index contributed by atoms with van der Waals surface area (Å²) in [5, 5.41) is 28.6. The van der Waals surface area contributed by atoms with Gasteiger partial charge in [0.2, 0.25) is 0 Å². The zero-order chi connectivity index (χ0) is 16.6. The number of hydrogen-bond acceptors (Lipinski definition) is 5. The van der Waals surface area contributed by atoms with E-state index in [-0.39, 0.29) is 24.1 Å². The number of ketones is 1. The Hall–Kier alpha value is -2.94. The molecule has 2 aromatic rings. The number of nitrogens with zero attached hydrogens (tertiary/aromatic N) is 2. The lowest BCUT2D eigenvalue weighted by Gasteiger charge is -2.09. The molecule has 23 heavy (non-hydrogen) atoms. The van der Waals surface area contributed by atoms with Gasteiger partial charge < -0.3 is 10.2 Å². The van der Waals surface area contributed by atoms with Crippen LogP contribution in [0.1, 0.15) is 53.2 Å². The van der Waals surface area contributed by atoms with Crippen molar-refractivity contribution in [3.63, 3.8) is 0 Å². The highest BCUT2D eigenvalue weighted by atomic mass is 16.4. The van der Waals surface area contributed by atoms with E-state index >= 15 is 0 Å². The minimum atomic E-state index is -1.10. The van der Waals surface area contributed by atoms with Crippen LogP contribution < -0.4 is 0 Å². The smallest absolute Gasteiger partial charge is 0.303 e. The summed E-state index contributed by atoms with van der Waals surface area (Å²) in [5.41, 5.74) is 1.34. The third kappa shape index (κ3) is 2.86. The summed E-state index contributed by atoms with van der Waals surface area (Å²) >= 11 is 0. The summed E-state index contributed by atoms with van der Waals surface area (Å²) < 4.78 is 0. The molecular weight excluding hydrogens is 296 g/mol. The number of carboxylic acid groups (broad SMARTS) is 1. The Morgan fingerprint density at radius 1 is 1.30 bits per heavy atom. The Labute approximate surface area is 132 Å². The van der Waals surface area contributed by atoms with Crippen molar-refractivity contribution >= 4 is 22.7 Å². The van der Waals surface area contributed by atoms with Gasteiger partial charge in [0.05, 0.1) is 11.9 Å². The van der Waals surface area contributed by atoms with E-state index in [0.717, 1.165) is 18.4 Å². The average Bonchev–Trinajstić information content (AvgIpc) is 3.36. The predicted molar refractivity (Wildman–Crippen MR) is 81.3 cm³/mol. The van der Waals surface area contributed by atoms with Crippen LogP contribution in [-0.4, -0.2) is 26.9 Å². The van der Waals surface area contributed by atoms with Crippen molar-refractivity contribution in [2.45, 2.75) is 31.6 Å². The third-order valence-corrected chi connectivity index (χ3v) is 3.98. The van der Waals surface area contributed by atoms with Crippen molar-refractivity contribution in [2.75, 3.05) is 0 Å². The van der Waals surface area contributed by atoms with Crippen LogP contribution in [0.15, 0.2) is 18.2 Å². The largest absolute Gasteiger partial charge is 0.504 e. The van der Waals surface area contributed by atoms with Crippen molar-refractivity contribution in [3.05, 3.63) is 35.0 Å². The molecule has 1 aliphatic carbocycles. The molecule has 0 bridgehead atoms. The zero-order valence-electron chi connectivity index (χ0n) is 12.2. The molecule has 116 valence electrons. The number of rotatable bonds is 5. The van der Waals surface area contributed by atoms with Crippen molar-refractivity contribution in [2.24, 2.45) is 0 Å². The summed E-state index contributed by atoms with van der Waals surface area (Å²) in [5.74, 6) is -1.67. The molecular formula is C17H14N2O4. The second-order valence-corrected chi connectivity index (χ2v) is 5.66. The first-order valence-corrected chi connectivity index (χ1v) is 7.33. The lowest BCUT2D eigenvalue weighted by atomic mass is 10.0. The zero-order valence-corrected chi connectivity index (χ0v) is 12.2. The molecule has 0 radical (unpaired) electrons. The minimum absolute atomic E-state index is 0.00368. The van der Waals surface area contributed by atoms with Gasteiger partial charge in [-0.1, -0.05) is 12.1 Å². The SMILES string of the molecule is N#Cc1c(O)c(C(=O)CCC(=O)O)nc2cc(C3CC3)ccc12. The molecule has 1 saturated carbocycles. The van der Waals surface area contributed by atoms with Crippen LogP contribution >= 0.6 is 0 Å². The minimum Gasteiger partial charge on any atom is -0.504 e. The summed E-state index contributed by atoms with van der Waals surface area (Å²) in [6.07, 6.45) is 1.61. The Bertz CT molecular complexity index is 863. The fraction of sp³-hybridized carbons (Fsp3) is 0.294. The molecule has 6 heteroatoms. The molecule has 0 atom stereocenters. The van der Waals surface area contributed by atoms with Crippen LogP contribution in [0.2, 0.25) is 0 Å². The highest BCUT2D eigenvalue weighted by molar-refractivity contribution is 6.02. The molecule has 1 aromatic carbocycles. The maximum Gasteiger partial charge on any atom is 0.303 e. The predicted octanol–water partition coefficient (Wildman–Crippen LogP) is 2.74. The number of pyridine rings is 1. The number of aromatic nitrogens is 1. The second-order valence-electron chi connectivity index (χ2n) is 5.66. The van der Waals surface area contributed by atoms with Gasteiger partial charge in [0.25, 0.3) is 0 Å². The monoisotopic (exact) mass is 310 g/mol. The van der Waals surface area contributed by atoms with Crippen LogP contribution in [0.5, 0.6) is 5.75 Å². The van der Waals surface area contributed by atoms with Gasteiger partial charge in [-0.15, -0.1) is 0 Å². The number of aromatic hydroxyl groups is 1. The van der Waals surface area contributed by atoms with Gasteiger partial charge in [0, 0.05) is 11.8 Å². The number of fused-ring (bicyclic) bond motifs is 1. The fourth-order valence-electron chi connectivity index (χ4n) is 2.59. The van der Waals surface area contributed by atoms with Gasteiger partial charge in [0.15, 0.2) is 11.5 Å². The van der Waals surface area contributed by atoms with Gasteiger partial charge in [-0.05, 0) is 30.4 Å². The molecule has 0 amide bonds. The first kappa shape index (κ1) is 15.0. The summed E-state index contributed by atoms with van der Waals surface area (Å²) in [4.78, 5) is 26.9. The quantitative estimate of drug-likeness (QED) is 0.821. The van der Waals surface area contributed by atoms with Gasteiger partial charge in [-0.2, -0.15) is 5.26 Å². The number of carbonyl (C=O) groups is 2. The molecule has 1 fully saturated rings. The lowest BCUT2D eigenvalue weighted by Crippen LogP contribution is -2.07. The molecule has 1 aromatic heterocycles. The summed E-state index contributed by atoms with van der Waals surface area (Å²) in [7, 11) is 0. The van der Waals surface area contributed by atoms with E-state index in [1.54, 1.807) is 6.07 Å². The number of nitriles is 1. The molecule has 0 spiro atoms. The molecule has 0 unspecified atom stereocenters. The fourth-order valence-corrected chi connectivity index (χ4v) is 2.59. The van der Waals surface area contributed by atoms with E-state index in [1.807, 2.05) is 18.2 Å². The van der Waals surface area contributed by atoms with Crippen LogP contribution in [0, 0.1) is 11.3 Å². The maximum atomic E-state index is 12.1. The lowest BCUT2D eigenvalue weighted by molar-refractivity contribution is -0.136. The van der Waals surface area contributed by atoms with E-state index in [4.69, 9.17) is 5.11 Å². The number of aliphatic carboxylic acids is 1. The Kier molecular flexibility index (Phi) is 3.70. The van der Waals surface area contributed by atoms with Crippen LogP contribution in [0.25, 0.3) is 10.9 Å². The molecule has 6 nitrogen and oxygen atoms in total. The van der Waals surface area contributed by atoms with Crippen molar-refractivity contribution in [1.29, 1.82) is 5.26 Å². The molecule has 0 saturated heterocycles. The first-order chi connectivity index (χ1) is 11.0. The topological polar surface area (TPSA) is 111 Å². The van der Waals surface area contributed by atoms with Crippen LogP contribution in [0.3, 0.4) is 0 Å². The third-order valence-electron chi connectivity index (χ3n) is 3.98. The van der Waals surface area contributed by atoms with Gasteiger partial charge >= 0.3 is 5.97 Å². The molecule has 0 aliphatic heterocycles. The van der Waals surface area contributed by atoms with Gasteiger partial charge in [-0.25, -0.2) is 4.98 Å². The Balaban J connectivity index is 2.10. The van der Waals surface area contributed by atoms with Crippen molar-refractivity contribution < 1.29 is 19.8 Å². The number of carbonyl (C=O) groups excluding carboxylic acids is 1. The van der Waals surface area contributed by atoms with E-state index < -0.39 is 17.5 Å². The standard InChI is InChI=1S/C17H14N2O4/c18-8-12-11-4-3-10(9-1-2-9)7-13(11)19-16(17(12)23)14(20)5-6-15(21)22/h3-4,7,9,23H,1-2,5-6H2,(H,21,22). The number of hydrogen-bond donors (Lipinski definition) is 2. The van der Waals surface area contributed by atoms with E-state index in [1.165, 1.54) is 0 Å². The molecule has 1 heterocycles. The summed E-state index contributed by atoms with van der Waals surface area (Å²) in [6, 6.07) is 7.39. The Morgan fingerprint density at radius 2 is 2.04 bits per heavy atom. The van der Waals surface area contributed by atoms with E-state index in [2.05, 4.69) is 4.98 Å². The van der Waals surface area contributed by atoms with E-state index in [0.29, 0.717) is 16.8 Å². The van der Waals surface area contributed by atoms with Crippen LogP contribution in [-0.2, 0) is 4.79 Å². The van der Waals surface area contributed by atoms with Crippen molar-refractivity contribution in [3.8, 4) is 11.8 Å². The van der Waals surface area contributed by atoms with Crippen LogP contribution in [0.4, 0.5) is 0 Å². The number of carboxylic acids is 1. The second kappa shape index (κ2) is 5.69. The summed E-state index contributed by atoms with van der Waals surface area (Å²) in [6.45, 7) is 0. The highest BCUT2D eigenvalue weighted by Gasteiger charge is 2.25. The van der Waals surface area contributed by atoms with Gasteiger partial charge in [-0.3, -0.25) is 9.59 Å². The highest BCUT2D eigenvalue weighted by Crippen LogP contribution is 2.41. The Morgan fingerprint density at radius 3 is 2.65 bits per heavy atom. The first-order valence-electron chi connectivity index (χ1n) is 7.33. The number of Topliss-reactive ketones (excluding diaryl/α,β-unsaturated/α-hetero) is 1. The van der Waals surface area contributed by atoms with E-state index in [9.17, 15) is 20.0 Å². The molecule has 1 aliphatic rings. The maximum absolute atomic E-state index is 12.1.